The summed E-state index contributed by atoms with van der Waals surface area (Å²) in [5, 5.41) is 4.85. The van der Waals surface area contributed by atoms with Gasteiger partial charge in [0.1, 0.15) is 0 Å². The third kappa shape index (κ3) is 0.753. The van der Waals surface area contributed by atoms with Crippen LogP contribution in [0.5, 0.6) is 0 Å². The summed E-state index contributed by atoms with van der Waals surface area (Å²) in [5.41, 5.74) is 1.07. The minimum absolute atomic E-state index is 0.0451. The molecule has 0 saturated carbocycles. The molecule has 2 unspecified atom stereocenters. The van der Waals surface area contributed by atoms with Crippen molar-refractivity contribution in [2.24, 2.45) is 5.92 Å². The van der Waals surface area contributed by atoms with E-state index in [9.17, 15) is 9.59 Å². The summed E-state index contributed by atoms with van der Waals surface area (Å²) < 4.78 is 0. The summed E-state index contributed by atoms with van der Waals surface area (Å²) in [5.74, 6) is -0.322. The summed E-state index contributed by atoms with van der Waals surface area (Å²) in [4.78, 5) is 21.7. The number of rotatable bonds is 0. The van der Waals surface area contributed by atoms with Crippen LogP contribution in [0.25, 0.3) is 0 Å². The number of urea groups is 1. The van der Waals surface area contributed by atoms with Crippen molar-refractivity contribution in [3.63, 3.8) is 0 Å². The largest absolute Gasteiger partial charge is 0.330 e. The first kappa shape index (κ1) is 6.39. The third-order valence-corrected chi connectivity index (χ3v) is 2.12. The van der Waals surface area contributed by atoms with Crippen LogP contribution in [0.2, 0.25) is 0 Å². The van der Waals surface area contributed by atoms with Crippen molar-refractivity contribution in [2.45, 2.75) is 13.0 Å². The van der Waals surface area contributed by atoms with Gasteiger partial charge in [-0.05, 0) is 6.92 Å². The Morgan fingerprint density at radius 1 is 1.45 bits per heavy atom. The number of fused-ring (bicyclic) bond motifs is 1. The Morgan fingerprint density at radius 3 is 2.82 bits per heavy atom. The first-order valence-electron chi connectivity index (χ1n) is 3.48. The maximum atomic E-state index is 11.0. The Bertz CT molecular complexity index is 270. The molecule has 2 rings (SSSR count). The van der Waals surface area contributed by atoms with Crippen LogP contribution in [0.4, 0.5) is 4.79 Å². The first-order valence-corrected chi connectivity index (χ1v) is 3.48. The fraction of sp³-hybridized carbons (Fsp3) is 0.429. The predicted molar refractivity (Wildman–Crippen MR) is 37.7 cm³/mol. The fourth-order valence-corrected chi connectivity index (χ4v) is 1.45. The summed E-state index contributed by atoms with van der Waals surface area (Å²) in [6.45, 7) is 1.90. The average molecular weight is 152 g/mol. The molecule has 0 radical (unpaired) electrons. The second-order valence-corrected chi connectivity index (χ2v) is 2.88. The molecule has 1 heterocycles. The van der Waals surface area contributed by atoms with E-state index < -0.39 is 0 Å². The van der Waals surface area contributed by atoms with Gasteiger partial charge >= 0.3 is 6.03 Å². The van der Waals surface area contributed by atoms with Gasteiger partial charge in [-0.3, -0.25) is 10.1 Å². The number of carbonyl (C=O) groups excluding carboxylic acids is 2. The van der Waals surface area contributed by atoms with Crippen LogP contribution in [0.15, 0.2) is 11.6 Å². The van der Waals surface area contributed by atoms with Crippen LogP contribution in [0.3, 0.4) is 0 Å². The summed E-state index contributed by atoms with van der Waals surface area (Å²) in [7, 11) is 0. The van der Waals surface area contributed by atoms with Gasteiger partial charge < -0.3 is 5.32 Å². The first-order chi connectivity index (χ1) is 5.18. The van der Waals surface area contributed by atoms with Crippen molar-refractivity contribution in [3.8, 4) is 0 Å². The lowest BCUT2D eigenvalue weighted by Gasteiger charge is -2.37. The molecule has 4 heteroatoms. The van der Waals surface area contributed by atoms with E-state index >= 15 is 0 Å². The molecular weight excluding hydrogens is 144 g/mol. The highest BCUT2D eigenvalue weighted by atomic mass is 16.2. The maximum absolute atomic E-state index is 11.0. The zero-order valence-electron chi connectivity index (χ0n) is 6.05. The minimum Gasteiger partial charge on any atom is -0.330 e. The highest BCUT2D eigenvalue weighted by Crippen LogP contribution is 2.27. The molecule has 0 bridgehead atoms. The fourth-order valence-electron chi connectivity index (χ4n) is 1.45. The second-order valence-electron chi connectivity index (χ2n) is 2.88. The Labute approximate surface area is 63.7 Å². The molecule has 0 aromatic rings. The SMILES string of the molecule is CC1=CC2C(=O)NC(=O)NC12. The number of carbonyl (C=O) groups is 2. The van der Waals surface area contributed by atoms with E-state index in [0.717, 1.165) is 5.57 Å². The smallest absolute Gasteiger partial charge is 0.321 e. The molecule has 58 valence electrons. The predicted octanol–water partition coefficient (Wildman–Crippen LogP) is -0.229. The molecule has 4 nitrogen and oxygen atoms in total. The topological polar surface area (TPSA) is 58.2 Å². The zero-order chi connectivity index (χ0) is 8.01. The molecule has 3 amide bonds. The lowest BCUT2D eigenvalue weighted by molar-refractivity contribution is -0.124. The van der Waals surface area contributed by atoms with Gasteiger partial charge in [-0.15, -0.1) is 0 Å². The van der Waals surface area contributed by atoms with Crippen LogP contribution < -0.4 is 10.6 Å². The Morgan fingerprint density at radius 2 is 2.18 bits per heavy atom. The van der Waals surface area contributed by atoms with Gasteiger partial charge in [0.05, 0.1) is 12.0 Å². The third-order valence-electron chi connectivity index (χ3n) is 2.12. The van der Waals surface area contributed by atoms with Crippen LogP contribution in [-0.4, -0.2) is 18.0 Å². The Hall–Kier alpha value is -1.32. The second kappa shape index (κ2) is 1.84. The molecule has 11 heavy (non-hydrogen) atoms. The monoisotopic (exact) mass is 152 g/mol. The molecule has 0 spiro atoms. The van der Waals surface area contributed by atoms with Crippen LogP contribution in [-0.2, 0) is 4.79 Å². The highest BCUT2D eigenvalue weighted by molar-refractivity contribution is 6.01. The molecule has 1 saturated heterocycles. The zero-order valence-corrected chi connectivity index (χ0v) is 6.05. The summed E-state index contributed by atoms with van der Waals surface area (Å²) >= 11 is 0. The van der Waals surface area contributed by atoms with E-state index in [1.54, 1.807) is 0 Å². The van der Waals surface area contributed by atoms with Gasteiger partial charge in [0, 0.05) is 0 Å². The van der Waals surface area contributed by atoms with Crippen molar-refractivity contribution in [3.05, 3.63) is 11.6 Å². The normalized spacial score (nSPS) is 34.5. The lowest BCUT2D eigenvalue weighted by atomic mass is 9.80. The van der Waals surface area contributed by atoms with Crippen LogP contribution in [0.1, 0.15) is 6.92 Å². The molecule has 1 aliphatic heterocycles. The van der Waals surface area contributed by atoms with Gasteiger partial charge in [-0.1, -0.05) is 11.6 Å². The average Bonchev–Trinajstić information content (AvgIpc) is 1.93. The van der Waals surface area contributed by atoms with Gasteiger partial charge in [0.2, 0.25) is 5.91 Å². The van der Waals surface area contributed by atoms with E-state index in [1.807, 2.05) is 13.0 Å². The number of imide groups is 1. The van der Waals surface area contributed by atoms with E-state index in [-0.39, 0.29) is 23.9 Å². The van der Waals surface area contributed by atoms with Gasteiger partial charge in [-0.25, -0.2) is 4.79 Å². The Kier molecular flexibility index (Phi) is 1.07. The van der Waals surface area contributed by atoms with E-state index in [2.05, 4.69) is 10.6 Å². The molecule has 0 aromatic carbocycles. The minimum atomic E-state index is -0.385. The number of hydrogen-bond acceptors (Lipinski definition) is 2. The van der Waals surface area contributed by atoms with Gasteiger partial charge in [0.25, 0.3) is 0 Å². The van der Waals surface area contributed by atoms with Crippen LogP contribution >= 0.6 is 0 Å². The van der Waals surface area contributed by atoms with Crippen molar-refractivity contribution in [1.29, 1.82) is 0 Å². The standard InChI is InChI=1S/C7H8N2O2/c1-3-2-4-5(3)8-7(11)9-6(4)10/h2,4-5H,1H3,(H2,8,9,10,11). The summed E-state index contributed by atoms with van der Waals surface area (Å²) in [6, 6.07) is -0.431. The number of nitrogens with one attached hydrogen (secondary N) is 2. The molecule has 2 atom stereocenters. The summed E-state index contributed by atoms with van der Waals surface area (Å²) in [6.07, 6.45) is 1.86. The number of amides is 3. The highest BCUT2D eigenvalue weighted by Gasteiger charge is 2.40. The van der Waals surface area contributed by atoms with E-state index in [1.165, 1.54) is 0 Å². The molecule has 1 aliphatic carbocycles. The number of hydrogen-bond donors (Lipinski definition) is 2. The Balaban J connectivity index is 2.24. The quantitative estimate of drug-likeness (QED) is 0.471. The molecule has 0 aromatic heterocycles. The lowest BCUT2D eigenvalue weighted by Crippen LogP contribution is -2.61. The van der Waals surface area contributed by atoms with Gasteiger partial charge in [0.15, 0.2) is 0 Å². The van der Waals surface area contributed by atoms with Crippen molar-refractivity contribution in [2.75, 3.05) is 0 Å². The molecule has 2 N–H and O–H groups in total. The van der Waals surface area contributed by atoms with E-state index in [4.69, 9.17) is 0 Å². The van der Waals surface area contributed by atoms with Crippen LogP contribution in [0, 0.1) is 5.92 Å². The van der Waals surface area contributed by atoms with Crippen molar-refractivity contribution >= 4 is 11.9 Å². The molecule has 2 aliphatic rings. The molecular formula is C7H8N2O2. The maximum Gasteiger partial charge on any atom is 0.321 e. The molecule has 1 fully saturated rings. The van der Waals surface area contributed by atoms with Crippen molar-refractivity contribution < 1.29 is 9.59 Å². The van der Waals surface area contributed by atoms with E-state index in [0.29, 0.717) is 0 Å². The van der Waals surface area contributed by atoms with Gasteiger partial charge in [-0.2, -0.15) is 0 Å². The van der Waals surface area contributed by atoms with Crippen molar-refractivity contribution in [1.82, 2.24) is 10.6 Å².